The number of benzene rings is 1. The number of aromatic nitrogens is 1. The predicted octanol–water partition coefficient (Wildman–Crippen LogP) is 2.61. The molecule has 0 amide bonds. The number of halogens is 1. The first-order valence-electron chi connectivity index (χ1n) is 6.23. The lowest BCUT2D eigenvalue weighted by atomic mass is 9.95. The summed E-state index contributed by atoms with van der Waals surface area (Å²) in [7, 11) is 1.89. The molecule has 1 atom stereocenters. The largest absolute Gasteiger partial charge is 0.398 e. The Morgan fingerprint density at radius 1 is 1.37 bits per heavy atom. The summed E-state index contributed by atoms with van der Waals surface area (Å²) in [4.78, 5) is 4.10. The van der Waals surface area contributed by atoms with Gasteiger partial charge in [0.25, 0.3) is 0 Å². The normalized spacial score (nSPS) is 12.4. The van der Waals surface area contributed by atoms with Crippen LogP contribution in [0.1, 0.15) is 22.7 Å². The van der Waals surface area contributed by atoms with E-state index in [-0.39, 0.29) is 11.9 Å². The van der Waals surface area contributed by atoms with Gasteiger partial charge in [0.2, 0.25) is 0 Å². The van der Waals surface area contributed by atoms with E-state index in [1.807, 2.05) is 20.0 Å². The van der Waals surface area contributed by atoms with Crippen LogP contribution in [0.15, 0.2) is 36.7 Å². The second-order valence-electron chi connectivity index (χ2n) is 4.62. The molecule has 2 aromatic rings. The fraction of sp³-hybridized carbons (Fsp3) is 0.267. The Hall–Kier alpha value is -1.94. The van der Waals surface area contributed by atoms with E-state index in [0.29, 0.717) is 0 Å². The number of pyridine rings is 1. The Morgan fingerprint density at radius 2 is 2.16 bits per heavy atom. The zero-order valence-corrected chi connectivity index (χ0v) is 11.2. The van der Waals surface area contributed by atoms with Crippen molar-refractivity contribution in [1.29, 1.82) is 0 Å². The molecule has 1 heterocycles. The van der Waals surface area contributed by atoms with E-state index >= 15 is 0 Å². The number of aryl methyl sites for hydroxylation is 1. The van der Waals surface area contributed by atoms with Gasteiger partial charge in [0, 0.05) is 24.1 Å². The highest BCUT2D eigenvalue weighted by Crippen LogP contribution is 2.24. The number of hydrogen-bond donors (Lipinski definition) is 2. The fourth-order valence-electron chi connectivity index (χ4n) is 2.23. The van der Waals surface area contributed by atoms with Crippen LogP contribution in [0, 0.1) is 12.7 Å². The van der Waals surface area contributed by atoms with Gasteiger partial charge in [-0.2, -0.15) is 0 Å². The molecule has 1 unspecified atom stereocenters. The van der Waals surface area contributed by atoms with Gasteiger partial charge in [-0.05, 0) is 55.3 Å². The first kappa shape index (κ1) is 13.5. The summed E-state index contributed by atoms with van der Waals surface area (Å²) >= 11 is 0. The topological polar surface area (TPSA) is 50.9 Å². The molecular formula is C15H18FN3. The van der Waals surface area contributed by atoms with Crippen molar-refractivity contribution in [2.45, 2.75) is 19.4 Å². The van der Waals surface area contributed by atoms with Crippen LogP contribution in [0.25, 0.3) is 0 Å². The predicted molar refractivity (Wildman–Crippen MR) is 75.3 cm³/mol. The molecule has 1 aromatic heterocycles. The van der Waals surface area contributed by atoms with E-state index in [0.717, 1.165) is 28.8 Å². The van der Waals surface area contributed by atoms with Crippen molar-refractivity contribution in [3.8, 4) is 0 Å². The van der Waals surface area contributed by atoms with Gasteiger partial charge in [0.05, 0.1) is 0 Å². The molecule has 0 aliphatic heterocycles. The SMILES string of the molecule is CNC(Cc1cnccc1N)c1ccc(F)cc1C. The molecule has 0 fully saturated rings. The third-order valence-corrected chi connectivity index (χ3v) is 3.32. The number of nitrogens with two attached hydrogens (primary N) is 1. The van der Waals surface area contributed by atoms with Gasteiger partial charge in [-0.3, -0.25) is 4.98 Å². The lowest BCUT2D eigenvalue weighted by Gasteiger charge is -2.19. The van der Waals surface area contributed by atoms with Crippen LogP contribution in [-0.4, -0.2) is 12.0 Å². The smallest absolute Gasteiger partial charge is 0.123 e. The summed E-state index contributed by atoms with van der Waals surface area (Å²) < 4.78 is 13.2. The average molecular weight is 259 g/mol. The van der Waals surface area contributed by atoms with Gasteiger partial charge >= 0.3 is 0 Å². The second-order valence-corrected chi connectivity index (χ2v) is 4.62. The lowest BCUT2D eigenvalue weighted by Crippen LogP contribution is -2.20. The Morgan fingerprint density at radius 3 is 2.79 bits per heavy atom. The molecule has 1 aromatic carbocycles. The molecule has 0 radical (unpaired) electrons. The van der Waals surface area contributed by atoms with Crippen LogP contribution < -0.4 is 11.1 Å². The number of hydrogen-bond acceptors (Lipinski definition) is 3. The van der Waals surface area contributed by atoms with Crippen LogP contribution in [0.2, 0.25) is 0 Å². The van der Waals surface area contributed by atoms with Crippen molar-refractivity contribution in [2.24, 2.45) is 0 Å². The fourth-order valence-corrected chi connectivity index (χ4v) is 2.23. The first-order valence-corrected chi connectivity index (χ1v) is 6.23. The van der Waals surface area contributed by atoms with Gasteiger partial charge in [0.15, 0.2) is 0 Å². The summed E-state index contributed by atoms with van der Waals surface area (Å²) in [5.41, 5.74) is 9.67. The number of nitrogens with one attached hydrogen (secondary N) is 1. The van der Waals surface area contributed by atoms with E-state index < -0.39 is 0 Å². The van der Waals surface area contributed by atoms with Crippen molar-refractivity contribution < 1.29 is 4.39 Å². The number of nitrogens with zero attached hydrogens (tertiary/aromatic N) is 1. The minimum absolute atomic E-state index is 0.0899. The number of anilines is 1. The van der Waals surface area contributed by atoms with Crippen molar-refractivity contribution in [3.05, 3.63) is 59.2 Å². The molecule has 0 aliphatic rings. The standard InChI is InChI=1S/C15H18FN3/c1-10-7-12(16)3-4-13(10)15(18-2)8-11-9-19-6-5-14(11)17/h3-7,9,15,18H,8H2,1-2H3,(H2,17,19). The van der Waals surface area contributed by atoms with Gasteiger partial charge in [-0.1, -0.05) is 6.07 Å². The molecule has 0 spiro atoms. The lowest BCUT2D eigenvalue weighted by molar-refractivity contribution is 0.582. The van der Waals surface area contributed by atoms with Crippen LogP contribution in [0.5, 0.6) is 0 Å². The molecule has 0 aliphatic carbocycles. The summed E-state index contributed by atoms with van der Waals surface area (Å²) in [6, 6.07) is 6.73. The van der Waals surface area contributed by atoms with Crippen molar-refractivity contribution in [1.82, 2.24) is 10.3 Å². The number of likely N-dealkylation sites (N-methyl/N-ethyl adjacent to an activating group) is 1. The Balaban J connectivity index is 2.28. The third kappa shape index (κ3) is 3.09. The maximum atomic E-state index is 13.2. The summed E-state index contributed by atoms with van der Waals surface area (Å²) in [6.07, 6.45) is 4.18. The van der Waals surface area contributed by atoms with E-state index in [4.69, 9.17) is 5.73 Å². The van der Waals surface area contributed by atoms with E-state index in [1.54, 1.807) is 24.5 Å². The van der Waals surface area contributed by atoms with Gasteiger partial charge in [-0.25, -0.2) is 4.39 Å². The Kier molecular flexibility index (Phi) is 4.12. The monoisotopic (exact) mass is 259 g/mol. The molecule has 2 rings (SSSR count). The van der Waals surface area contributed by atoms with Gasteiger partial charge < -0.3 is 11.1 Å². The zero-order chi connectivity index (χ0) is 13.8. The highest BCUT2D eigenvalue weighted by Gasteiger charge is 2.14. The Bertz CT molecular complexity index is 569. The molecule has 3 nitrogen and oxygen atoms in total. The molecule has 100 valence electrons. The maximum absolute atomic E-state index is 13.2. The van der Waals surface area contributed by atoms with Gasteiger partial charge in [0.1, 0.15) is 5.82 Å². The van der Waals surface area contributed by atoms with E-state index in [1.165, 1.54) is 6.07 Å². The average Bonchev–Trinajstić information content (AvgIpc) is 2.39. The second kappa shape index (κ2) is 5.80. The molecule has 4 heteroatoms. The Labute approximate surface area is 112 Å². The van der Waals surface area contributed by atoms with Crippen molar-refractivity contribution >= 4 is 5.69 Å². The van der Waals surface area contributed by atoms with Crippen molar-refractivity contribution in [2.75, 3.05) is 12.8 Å². The van der Waals surface area contributed by atoms with Crippen LogP contribution in [-0.2, 0) is 6.42 Å². The minimum atomic E-state index is -0.211. The van der Waals surface area contributed by atoms with Crippen molar-refractivity contribution in [3.63, 3.8) is 0 Å². The van der Waals surface area contributed by atoms with Gasteiger partial charge in [-0.15, -0.1) is 0 Å². The zero-order valence-electron chi connectivity index (χ0n) is 11.2. The van der Waals surface area contributed by atoms with Crippen LogP contribution in [0.4, 0.5) is 10.1 Å². The molecule has 3 N–H and O–H groups in total. The van der Waals surface area contributed by atoms with E-state index in [2.05, 4.69) is 10.3 Å². The molecular weight excluding hydrogens is 241 g/mol. The highest BCUT2D eigenvalue weighted by atomic mass is 19.1. The molecule has 0 saturated heterocycles. The maximum Gasteiger partial charge on any atom is 0.123 e. The molecule has 19 heavy (non-hydrogen) atoms. The summed E-state index contributed by atoms with van der Waals surface area (Å²) in [5, 5.41) is 3.25. The van der Waals surface area contributed by atoms with Crippen LogP contribution >= 0.6 is 0 Å². The number of nitrogen functional groups attached to an aromatic ring is 1. The quantitative estimate of drug-likeness (QED) is 0.887. The highest BCUT2D eigenvalue weighted by molar-refractivity contribution is 5.45. The molecule has 0 bridgehead atoms. The summed E-state index contributed by atoms with van der Waals surface area (Å²) in [5.74, 6) is -0.211. The summed E-state index contributed by atoms with van der Waals surface area (Å²) in [6.45, 7) is 1.91. The van der Waals surface area contributed by atoms with Crippen LogP contribution in [0.3, 0.4) is 0 Å². The minimum Gasteiger partial charge on any atom is -0.398 e. The third-order valence-electron chi connectivity index (χ3n) is 3.32. The van der Waals surface area contributed by atoms with E-state index in [9.17, 15) is 4.39 Å². The first-order chi connectivity index (χ1) is 9.11. The molecule has 0 saturated carbocycles. The number of rotatable bonds is 4.